The van der Waals surface area contributed by atoms with Gasteiger partial charge in [0.05, 0.1) is 7.11 Å². The van der Waals surface area contributed by atoms with Crippen molar-refractivity contribution in [1.82, 2.24) is 0 Å². The molecule has 19 heavy (non-hydrogen) atoms. The number of benzene rings is 1. The summed E-state index contributed by atoms with van der Waals surface area (Å²) in [4.78, 5) is 1.79. The molecule has 1 aromatic carbocycles. The molecule has 2 aromatic rings. The lowest BCUT2D eigenvalue weighted by molar-refractivity contribution is 0.416. The van der Waals surface area contributed by atoms with E-state index in [4.69, 9.17) is 10.00 Å². The smallest absolute Gasteiger partial charge is 0.127 e. The fraction of sp³-hybridized carbons (Fsp3) is 0.312. The molecule has 0 aliphatic rings. The van der Waals surface area contributed by atoms with Gasteiger partial charge in [-0.1, -0.05) is 26.8 Å². The Bertz CT molecular complexity index is 629. The second-order valence-electron chi connectivity index (χ2n) is 5.44. The Labute approximate surface area is 118 Å². The summed E-state index contributed by atoms with van der Waals surface area (Å²) in [5.41, 5.74) is 2.41. The third kappa shape index (κ3) is 2.80. The van der Waals surface area contributed by atoms with E-state index in [0.29, 0.717) is 0 Å². The van der Waals surface area contributed by atoms with Gasteiger partial charge in [0.25, 0.3) is 0 Å². The van der Waals surface area contributed by atoms with Crippen LogP contribution >= 0.6 is 11.3 Å². The molecule has 2 nitrogen and oxygen atoms in total. The molecule has 1 heterocycles. The van der Waals surface area contributed by atoms with Gasteiger partial charge in [0, 0.05) is 10.4 Å². The van der Waals surface area contributed by atoms with Gasteiger partial charge in [-0.3, -0.25) is 0 Å². The average Bonchev–Trinajstić information content (AvgIpc) is 2.85. The Morgan fingerprint density at radius 1 is 1.16 bits per heavy atom. The fourth-order valence-electron chi connectivity index (χ4n) is 1.91. The molecule has 0 aliphatic heterocycles. The first-order chi connectivity index (χ1) is 8.95. The number of rotatable bonds is 2. The second-order valence-corrected chi connectivity index (χ2v) is 6.52. The Morgan fingerprint density at radius 3 is 2.42 bits per heavy atom. The lowest BCUT2D eigenvalue weighted by Gasteiger charge is -2.20. The maximum Gasteiger partial charge on any atom is 0.127 e. The van der Waals surface area contributed by atoms with E-state index in [0.717, 1.165) is 21.1 Å². The molecule has 0 amide bonds. The highest BCUT2D eigenvalue weighted by Crippen LogP contribution is 2.37. The molecule has 2 rings (SSSR count). The van der Waals surface area contributed by atoms with Gasteiger partial charge in [-0.2, -0.15) is 5.26 Å². The van der Waals surface area contributed by atoms with Crippen LogP contribution < -0.4 is 4.74 Å². The molecule has 0 atom stereocenters. The van der Waals surface area contributed by atoms with E-state index < -0.39 is 0 Å². The standard InChI is InChI=1S/C16H17NOS/c1-16(2,3)11-5-7-14(18-4)13(9-11)15-8-6-12(10-17)19-15/h5-9H,1-4H3. The molecule has 0 unspecified atom stereocenters. The van der Waals surface area contributed by atoms with E-state index in [1.54, 1.807) is 7.11 Å². The van der Waals surface area contributed by atoms with Crippen molar-refractivity contribution < 1.29 is 4.74 Å². The van der Waals surface area contributed by atoms with E-state index in [2.05, 4.69) is 39.0 Å². The molecule has 0 saturated heterocycles. The molecule has 0 radical (unpaired) electrons. The molecule has 0 N–H and O–H groups in total. The van der Waals surface area contributed by atoms with Crippen LogP contribution in [0.4, 0.5) is 0 Å². The topological polar surface area (TPSA) is 33.0 Å². The third-order valence-corrected chi connectivity index (χ3v) is 4.07. The van der Waals surface area contributed by atoms with Crippen LogP contribution in [0.25, 0.3) is 10.4 Å². The van der Waals surface area contributed by atoms with Crippen molar-refractivity contribution in [2.24, 2.45) is 0 Å². The minimum Gasteiger partial charge on any atom is -0.496 e. The predicted molar refractivity (Wildman–Crippen MR) is 79.7 cm³/mol. The van der Waals surface area contributed by atoms with Crippen LogP contribution in [0, 0.1) is 11.3 Å². The predicted octanol–water partition coefficient (Wildman–Crippen LogP) is 4.59. The summed E-state index contributed by atoms with van der Waals surface area (Å²) in [7, 11) is 1.68. The van der Waals surface area contributed by atoms with Crippen LogP contribution in [-0.4, -0.2) is 7.11 Å². The molecule has 1 aromatic heterocycles. The van der Waals surface area contributed by atoms with Crippen LogP contribution in [0.5, 0.6) is 5.75 Å². The van der Waals surface area contributed by atoms with Crippen molar-refractivity contribution in [3.05, 3.63) is 40.8 Å². The number of ether oxygens (including phenoxy) is 1. The zero-order valence-corrected chi connectivity index (χ0v) is 12.5. The van der Waals surface area contributed by atoms with E-state index in [1.165, 1.54) is 16.9 Å². The number of nitrogens with zero attached hydrogens (tertiary/aromatic N) is 1. The van der Waals surface area contributed by atoms with Crippen LogP contribution in [0.2, 0.25) is 0 Å². The van der Waals surface area contributed by atoms with Crippen molar-refractivity contribution in [1.29, 1.82) is 5.26 Å². The van der Waals surface area contributed by atoms with Gasteiger partial charge in [-0.15, -0.1) is 11.3 Å². The van der Waals surface area contributed by atoms with Gasteiger partial charge in [0.2, 0.25) is 0 Å². The summed E-state index contributed by atoms with van der Waals surface area (Å²) in [6, 6.07) is 12.3. The van der Waals surface area contributed by atoms with Crippen molar-refractivity contribution in [3.8, 4) is 22.3 Å². The van der Waals surface area contributed by atoms with Gasteiger partial charge in [0.1, 0.15) is 16.7 Å². The van der Waals surface area contributed by atoms with Gasteiger partial charge >= 0.3 is 0 Å². The molecule has 0 saturated carbocycles. The van der Waals surface area contributed by atoms with Crippen molar-refractivity contribution in [2.45, 2.75) is 26.2 Å². The highest BCUT2D eigenvalue weighted by atomic mass is 32.1. The molecule has 98 valence electrons. The van der Waals surface area contributed by atoms with Crippen LogP contribution in [0.1, 0.15) is 31.2 Å². The molecular weight excluding hydrogens is 254 g/mol. The molecule has 0 aliphatic carbocycles. The van der Waals surface area contributed by atoms with Crippen molar-refractivity contribution in [2.75, 3.05) is 7.11 Å². The van der Waals surface area contributed by atoms with E-state index >= 15 is 0 Å². The first kappa shape index (κ1) is 13.6. The van der Waals surface area contributed by atoms with E-state index in [9.17, 15) is 0 Å². The lowest BCUT2D eigenvalue weighted by atomic mass is 9.86. The fourth-order valence-corrected chi connectivity index (χ4v) is 2.73. The summed E-state index contributed by atoms with van der Waals surface area (Å²) in [6.07, 6.45) is 0. The van der Waals surface area contributed by atoms with Crippen LogP contribution in [-0.2, 0) is 5.41 Å². The highest BCUT2D eigenvalue weighted by Gasteiger charge is 2.17. The Hall–Kier alpha value is -1.79. The first-order valence-electron chi connectivity index (χ1n) is 6.14. The molecule has 3 heteroatoms. The van der Waals surface area contributed by atoms with Crippen LogP contribution in [0.15, 0.2) is 30.3 Å². The van der Waals surface area contributed by atoms with Crippen molar-refractivity contribution in [3.63, 3.8) is 0 Å². The normalized spacial score (nSPS) is 11.1. The number of methoxy groups -OCH3 is 1. The second kappa shape index (κ2) is 5.07. The number of hydrogen-bond acceptors (Lipinski definition) is 3. The SMILES string of the molecule is COc1ccc(C(C)(C)C)cc1-c1ccc(C#N)s1. The Kier molecular flexibility index (Phi) is 3.64. The molecular formula is C16H17NOS. The largest absolute Gasteiger partial charge is 0.496 e. The molecule has 0 spiro atoms. The lowest BCUT2D eigenvalue weighted by Crippen LogP contribution is -2.11. The summed E-state index contributed by atoms with van der Waals surface area (Å²) in [5.74, 6) is 0.847. The Balaban J connectivity index is 2.57. The summed E-state index contributed by atoms with van der Waals surface area (Å²) in [5, 5.41) is 8.94. The summed E-state index contributed by atoms with van der Waals surface area (Å²) >= 11 is 1.49. The third-order valence-electron chi connectivity index (χ3n) is 3.05. The minimum atomic E-state index is 0.0936. The first-order valence-corrected chi connectivity index (χ1v) is 6.96. The number of thiophene rings is 1. The summed E-state index contributed by atoms with van der Waals surface area (Å²) in [6.45, 7) is 6.56. The summed E-state index contributed by atoms with van der Waals surface area (Å²) < 4.78 is 5.43. The quantitative estimate of drug-likeness (QED) is 0.800. The van der Waals surface area contributed by atoms with Gasteiger partial charge in [-0.05, 0) is 35.2 Å². The Morgan fingerprint density at radius 2 is 1.89 bits per heavy atom. The monoisotopic (exact) mass is 271 g/mol. The van der Waals surface area contributed by atoms with Gasteiger partial charge < -0.3 is 4.74 Å². The van der Waals surface area contributed by atoms with Crippen LogP contribution in [0.3, 0.4) is 0 Å². The highest BCUT2D eigenvalue weighted by molar-refractivity contribution is 7.16. The number of nitriles is 1. The maximum absolute atomic E-state index is 8.94. The van der Waals surface area contributed by atoms with Gasteiger partial charge in [-0.25, -0.2) is 0 Å². The zero-order chi connectivity index (χ0) is 14.0. The molecule has 0 fully saturated rings. The van der Waals surface area contributed by atoms with Crippen molar-refractivity contribution >= 4 is 11.3 Å². The molecule has 0 bridgehead atoms. The van der Waals surface area contributed by atoms with E-state index in [1.807, 2.05) is 18.2 Å². The van der Waals surface area contributed by atoms with Gasteiger partial charge in [0.15, 0.2) is 0 Å². The maximum atomic E-state index is 8.94. The van der Waals surface area contributed by atoms with E-state index in [-0.39, 0.29) is 5.41 Å². The minimum absolute atomic E-state index is 0.0936. The average molecular weight is 271 g/mol. The zero-order valence-electron chi connectivity index (χ0n) is 11.7. The number of hydrogen-bond donors (Lipinski definition) is 0.